The molecule has 0 heterocycles. The maximum Gasteiger partial charge on any atom is 0.0101 e. The molecule has 0 aliphatic rings. The predicted molar refractivity (Wildman–Crippen MR) is 103 cm³/mol. The molecule has 0 spiro atoms. The van der Waals surface area contributed by atoms with E-state index in [4.69, 9.17) is 0 Å². The Morgan fingerprint density at radius 2 is 1.52 bits per heavy atom. The summed E-state index contributed by atoms with van der Waals surface area (Å²) < 4.78 is 0. The average molecular weight is 328 g/mol. The van der Waals surface area contributed by atoms with Gasteiger partial charge < -0.3 is 5.32 Å². The van der Waals surface area contributed by atoms with Gasteiger partial charge in [0.15, 0.2) is 0 Å². The first-order valence-electron chi connectivity index (χ1n) is 8.63. The lowest BCUT2D eigenvalue weighted by molar-refractivity contribution is 0.632. The second-order valence-electron chi connectivity index (χ2n) is 6.46. The molecule has 0 aromatic heterocycles. The van der Waals surface area contributed by atoms with E-state index in [1.165, 1.54) is 28.2 Å². The van der Waals surface area contributed by atoms with Crippen LogP contribution >= 0.6 is 11.8 Å². The van der Waals surface area contributed by atoms with Crippen LogP contribution in [0.4, 0.5) is 0 Å². The summed E-state index contributed by atoms with van der Waals surface area (Å²) in [4.78, 5) is 1.38. The molecule has 0 bridgehead atoms. The summed E-state index contributed by atoms with van der Waals surface area (Å²) in [7, 11) is 2.02. The summed E-state index contributed by atoms with van der Waals surface area (Å²) >= 11 is 1.97. The van der Waals surface area contributed by atoms with Gasteiger partial charge in [-0.25, -0.2) is 0 Å². The van der Waals surface area contributed by atoms with Gasteiger partial charge in [-0.05, 0) is 61.4 Å². The third kappa shape index (κ3) is 6.04. The van der Waals surface area contributed by atoms with Gasteiger partial charge >= 0.3 is 0 Å². The molecule has 2 aromatic carbocycles. The van der Waals surface area contributed by atoms with Crippen molar-refractivity contribution >= 4 is 11.8 Å². The highest BCUT2D eigenvalue weighted by atomic mass is 32.2. The largest absolute Gasteiger partial charge is 0.320 e. The molecule has 23 heavy (non-hydrogen) atoms. The van der Waals surface area contributed by atoms with Crippen LogP contribution in [0, 0.1) is 5.92 Å². The van der Waals surface area contributed by atoms with Crippen LogP contribution in [-0.2, 0) is 0 Å². The standard InChI is InChI=1S/C21H29NS/c1-17(2)14-16-23-20-11-9-19(10-12-20)21(13-15-22-3)18-7-5-4-6-8-18/h4-12,17,21-22H,13-16H2,1-3H3. The van der Waals surface area contributed by atoms with E-state index in [-0.39, 0.29) is 0 Å². The average Bonchev–Trinajstić information content (AvgIpc) is 2.57. The van der Waals surface area contributed by atoms with Crippen LogP contribution in [0.15, 0.2) is 59.5 Å². The topological polar surface area (TPSA) is 12.0 Å². The minimum atomic E-state index is 0.471. The van der Waals surface area contributed by atoms with Crippen molar-refractivity contribution in [3.8, 4) is 0 Å². The first-order valence-corrected chi connectivity index (χ1v) is 9.61. The van der Waals surface area contributed by atoms with E-state index in [1.54, 1.807) is 0 Å². The number of hydrogen-bond donors (Lipinski definition) is 1. The van der Waals surface area contributed by atoms with E-state index in [9.17, 15) is 0 Å². The molecule has 0 aliphatic carbocycles. The van der Waals surface area contributed by atoms with Gasteiger partial charge in [0.25, 0.3) is 0 Å². The Labute approximate surface area is 145 Å². The first kappa shape index (κ1) is 18.1. The van der Waals surface area contributed by atoms with Crippen molar-refractivity contribution in [2.45, 2.75) is 37.5 Å². The molecule has 0 saturated carbocycles. The SMILES string of the molecule is CNCCC(c1ccccc1)c1ccc(SCCC(C)C)cc1. The highest BCUT2D eigenvalue weighted by Gasteiger charge is 2.13. The minimum Gasteiger partial charge on any atom is -0.320 e. The predicted octanol–water partition coefficient (Wildman–Crippen LogP) is 5.57. The third-order valence-electron chi connectivity index (χ3n) is 4.13. The van der Waals surface area contributed by atoms with E-state index < -0.39 is 0 Å². The van der Waals surface area contributed by atoms with Gasteiger partial charge in [0.2, 0.25) is 0 Å². The summed E-state index contributed by atoms with van der Waals surface area (Å²) in [5.41, 5.74) is 2.82. The molecule has 1 unspecified atom stereocenters. The summed E-state index contributed by atoms with van der Waals surface area (Å²) in [6.07, 6.45) is 2.40. The monoisotopic (exact) mass is 327 g/mol. The fraction of sp³-hybridized carbons (Fsp3) is 0.429. The van der Waals surface area contributed by atoms with Gasteiger partial charge in [0.05, 0.1) is 0 Å². The molecular weight excluding hydrogens is 298 g/mol. The van der Waals surface area contributed by atoms with Crippen LogP contribution in [0.3, 0.4) is 0 Å². The van der Waals surface area contributed by atoms with E-state index in [2.05, 4.69) is 73.8 Å². The summed E-state index contributed by atoms with van der Waals surface area (Å²) in [6, 6.07) is 20.0. The quantitative estimate of drug-likeness (QED) is 0.605. The van der Waals surface area contributed by atoms with Gasteiger partial charge in [-0.1, -0.05) is 56.3 Å². The van der Waals surface area contributed by atoms with E-state index >= 15 is 0 Å². The van der Waals surface area contributed by atoms with Crippen molar-refractivity contribution in [1.82, 2.24) is 5.32 Å². The van der Waals surface area contributed by atoms with E-state index in [1.807, 2.05) is 18.8 Å². The van der Waals surface area contributed by atoms with Crippen molar-refractivity contribution in [3.63, 3.8) is 0 Å². The molecule has 2 rings (SSSR count). The van der Waals surface area contributed by atoms with Crippen molar-refractivity contribution in [1.29, 1.82) is 0 Å². The molecule has 2 heteroatoms. The van der Waals surface area contributed by atoms with Crippen LogP contribution in [0.1, 0.15) is 43.7 Å². The summed E-state index contributed by atoms with van der Waals surface area (Å²) in [6.45, 7) is 5.61. The van der Waals surface area contributed by atoms with Gasteiger partial charge in [-0.2, -0.15) is 0 Å². The normalized spacial score (nSPS) is 12.5. The second-order valence-corrected chi connectivity index (χ2v) is 7.62. The van der Waals surface area contributed by atoms with Crippen LogP contribution in [0.5, 0.6) is 0 Å². The summed E-state index contributed by atoms with van der Waals surface area (Å²) in [5, 5.41) is 3.28. The zero-order valence-electron chi connectivity index (χ0n) is 14.6. The zero-order valence-corrected chi connectivity index (χ0v) is 15.4. The maximum absolute atomic E-state index is 3.28. The molecule has 2 aromatic rings. The molecule has 1 N–H and O–H groups in total. The minimum absolute atomic E-state index is 0.471. The van der Waals surface area contributed by atoms with Gasteiger partial charge in [0.1, 0.15) is 0 Å². The molecule has 1 atom stereocenters. The van der Waals surface area contributed by atoms with Crippen molar-refractivity contribution < 1.29 is 0 Å². The van der Waals surface area contributed by atoms with Crippen molar-refractivity contribution in [2.75, 3.05) is 19.3 Å². The lowest BCUT2D eigenvalue weighted by Crippen LogP contribution is -2.13. The Morgan fingerprint density at radius 3 is 2.13 bits per heavy atom. The molecule has 0 aliphatic heterocycles. The molecule has 0 fully saturated rings. The highest BCUT2D eigenvalue weighted by molar-refractivity contribution is 7.99. The lowest BCUT2D eigenvalue weighted by Gasteiger charge is -2.18. The number of benzene rings is 2. The highest BCUT2D eigenvalue weighted by Crippen LogP contribution is 2.29. The Balaban J connectivity index is 2.07. The van der Waals surface area contributed by atoms with Crippen LogP contribution in [-0.4, -0.2) is 19.3 Å². The smallest absolute Gasteiger partial charge is 0.0101 e. The second kappa shape index (κ2) is 9.79. The summed E-state index contributed by atoms with van der Waals surface area (Å²) in [5.74, 6) is 2.46. The third-order valence-corrected chi connectivity index (χ3v) is 5.18. The number of rotatable bonds is 9. The Hall–Kier alpha value is -1.25. The van der Waals surface area contributed by atoms with E-state index in [0.717, 1.165) is 18.9 Å². The van der Waals surface area contributed by atoms with Gasteiger partial charge in [-0.15, -0.1) is 11.8 Å². The molecule has 0 radical (unpaired) electrons. The fourth-order valence-corrected chi connectivity index (χ4v) is 3.86. The number of thioether (sulfide) groups is 1. The van der Waals surface area contributed by atoms with Crippen LogP contribution < -0.4 is 5.32 Å². The zero-order chi connectivity index (χ0) is 16.5. The number of hydrogen-bond acceptors (Lipinski definition) is 2. The molecule has 0 amide bonds. The van der Waals surface area contributed by atoms with Crippen LogP contribution in [0.25, 0.3) is 0 Å². The Bertz CT molecular complexity index is 548. The fourth-order valence-electron chi connectivity index (χ4n) is 2.71. The number of nitrogens with one attached hydrogen (secondary N) is 1. The maximum atomic E-state index is 3.28. The molecular formula is C21H29NS. The van der Waals surface area contributed by atoms with Crippen molar-refractivity contribution in [3.05, 3.63) is 65.7 Å². The van der Waals surface area contributed by atoms with Gasteiger partial charge in [-0.3, -0.25) is 0 Å². The first-order chi connectivity index (χ1) is 11.2. The van der Waals surface area contributed by atoms with Crippen molar-refractivity contribution in [2.24, 2.45) is 5.92 Å². The Morgan fingerprint density at radius 1 is 0.870 bits per heavy atom. The van der Waals surface area contributed by atoms with Gasteiger partial charge in [0, 0.05) is 10.8 Å². The molecule has 124 valence electrons. The Kier molecular flexibility index (Phi) is 7.70. The lowest BCUT2D eigenvalue weighted by atomic mass is 9.88. The molecule has 0 saturated heterocycles. The molecule has 1 nitrogen and oxygen atoms in total. The van der Waals surface area contributed by atoms with Crippen LogP contribution in [0.2, 0.25) is 0 Å². The van der Waals surface area contributed by atoms with E-state index in [0.29, 0.717) is 5.92 Å².